The van der Waals surface area contributed by atoms with Gasteiger partial charge in [-0.25, -0.2) is 0 Å². The van der Waals surface area contributed by atoms with Crippen LogP contribution in [0.2, 0.25) is 5.02 Å². The van der Waals surface area contributed by atoms with Gasteiger partial charge in [0.25, 0.3) is 0 Å². The Kier molecular flexibility index (Phi) is 10.0. The average molecular weight is 603 g/mol. The van der Waals surface area contributed by atoms with E-state index in [1.165, 1.54) is 6.08 Å². The highest BCUT2D eigenvalue weighted by molar-refractivity contribution is 6.31. The fourth-order valence-corrected chi connectivity index (χ4v) is 8.03. The van der Waals surface area contributed by atoms with Crippen LogP contribution in [0.3, 0.4) is 0 Å². The van der Waals surface area contributed by atoms with Crippen molar-refractivity contribution in [2.45, 2.75) is 82.2 Å². The smallest absolute Gasteiger partial charge is 0.310 e. The Morgan fingerprint density at radius 2 is 2.02 bits per heavy atom. The highest BCUT2D eigenvalue weighted by Crippen LogP contribution is 2.64. The maximum atomic E-state index is 14.4. The summed E-state index contributed by atoms with van der Waals surface area (Å²) in [7, 11) is 0. The van der Waals surface area contributed by atoms with Gasteiger partial charge in [-0.2, -0.15) is 0 Å². The van der Waals surface area contributed by atoms with Gasteiger partial charge in [-0.1, -0.05) is 73.7 Å². The van der Waals surface area contributed by atoms with Crippen LogP contribution in [0.5, 0.6) is 0 Å². The first-order chi connectivity index (χ1) is 19.6. The monoisotopic (exact) mass is 601 g/mol. The van der Waals surface area contributed by atoms with E-state index in [0.29, 0.717) is 42.4 Å². The molecule has 4 atom stereocenters. The van der Waals surface area contributed by atoms with Crippen LogP contribution in [0.1, 0.15) is 70.8 Å². The van der Waals surface area contributed by atoms with Crippen LogP contribution in [0, 0.1) is 11.8 Å². The number of hydrogen-bond donors (Lipinski definition) is 3. The fraction of sp³-hybridized carbons (Fsp3) is 0.531. The van der Waals surface area contributed by atoms with Crippen molar-refractivity contribution < 1.29 is 19.5 Å². The number of amides is 2. The standard InChI is InChI=1S/C32H41Cl2N3O4/c1-4-22(29(39)40)13-11-19-35-28(38)27-25(14-8-7-12-21(3)33)32(31(37(27)5-2)17-9-6-10-18-31)24-16-15-23(34)20-26(24)36-30(32)41/h4,7-8,12,15-16,20,22,25,27H,1,5-6,9-11,13-14,17-19H2,2-3H3,(H,35,38)(H,36,41)(H,39,40)/b8-7-,21-12+/t22?,25-,27+,32+/m0/s1. The van der Waals surface area contributed by atoms with E-state index >= 15 is 0 Å². The number of anilines is 1. The molecule has 222 valence electrons. The normalized spacial score (nSPS) is 26.3. The number of rotatable bonds is 11. The Labute approximate surface area is 253 Å². The number of likely N-dealkylation sites (tertiary alicyclic amines) is 1. The molecule has 2 amide bonds. The number of nitrogens with zero attached hydrogens (tertiary/aromatic N) is 1. The molecule has 1 saturated carbocycles. The second-order valence-corrected chi connectivity index (χ2v) is 12.4. The number of carbonyl (C=O) groups is 3. The Morgan fingerprint density at radius 1 is 1.29 bits per heavy atom. The van der Waals surface area contributed by atoms with Crippen LogP contribution in [-0.4, -0.2) is 52.5 Å². The van der Waals surface area contributed by atoms with Crippen molar-refractivity contribution in [3.63, 3.8) is 0 Å². The van der Waals surface area contributed by atoms with Crippen LogP contribution in [0.25, 0.3) is 0 Å². The molecule has 3 N–H and O–H groups in total. The van der Waals surface area contributed by atoms with Crippen LogP contribution >= 0.6 is 23.2 Å². The van der Waals surface area contributed by atoms with Gasteiger partial charge in [0.1, 0.15) is 0 Å². The van der Waals surface area contributed by atoms with E-state index in [1.807, 2.05) is 36.4 Å². The topological polar surface area (TPSA) is 98.7 Å². The van der Waals surface area contributed by atoms with Gasteiger partial charge in [0.2, 0.25) is 11.8 Å². The molecule has 2 spiro atoms. The van der Waals surface area contributed by atoms with Gasteiger partial charge < -0.3 is 15.7 Å². The van der Waals surface area contributed by atoms with Gasteiger partial charge in [0, 0.05) is 33.7 Å². The average Bonchev–Trinajstić information content (AvgIpc) is 3.35. The van der Waals surface area contributed by atoms with Crippen molar-refractivity contribution >= 4 is 46.7 Å². The van der Waals surface area contributed by atoms with Crippen molar-refractivity contribution in [1.82, 2.24) is 10.2 Å². The number of nitrogens with one attached hydrogen (secondary N) is 2. The van der Waals surface area contributed by atoms with Crippen molar-refractivity contribution in [1.29, 1.82) is 0 Å². The molecule has 0 aromatic heterocycles. The molecule has 1 aromatic carbocycles. The summed E-state index contributed by atoms with van der Waals surface area (Å²) in [5, 5.41) is 16.8. The fourth-order valence-electron chi connectivity index (χ4n) is 7.78. The van der Waals surface area contributed by atoms with Gasteiger partial charge in [-0.15, -0.1) is 6.58 Å². The number of likely N-dealkylation sites (N-methyl/N-ethyl adjacent to an activating group) is 1. The number of carboxylic acids is 1. The zero-order valence-corrected chi connectivity index (χ0v) is 25.4. The summed E-state index contributed by atoms with van der Waals surface area (Å²) in [5.41, 5.74) is 0.172. The molecular weight excluding hydrogens is 561 g/mol. The third-order valence-electron chi connectivity index (χ3n) is 9.30. The second kappa shape index (κ2) is 13.1. The number of halogens is 2. The van der Waals surface area contributed by atoms with E-state index in [9.17, 15) is 19.5 Å². The Bertz CT molecular complexity index is 1240. The van der Waals surface area contributed by atoms with Gasteiger partial charge >= 0.3 is 5.97 Å². The molecule has 0 bridgehead atoms. The molecule has 2 fully saturated rings. The van der Waals surface area contributed by atoms with E-state index in [0.717, 1.165) is 43.4 Å². The third-order valence-corrected chi connectivity index (χ3v) is 9.67. The lowest BCUT2D eigenvalue weighted by molar-refractivity contribution is -0.140. The number of hydrogen-bond acceptors (Lipinski definition) is 4. The van der Waals surface area contributed by atoms with Crippen molar-refractivity contribution in [2.75, 3.05) is 18.4 Å². The quantitative estimate of drug-likeness (QED) is 0.154. The third kappa shape index (κ3) is 5.61. The first kappa shape index (κ1) is 31.3. The number of carbonyl (C=O) groups excluding carboxylic acids is 2. The summed E-state index contributed by atoms with van der Waals surface area (Å²) in [4.78, 5) is 42.3. The van der Waals surface area contributed by atoms with E-state index in [1.54, 1.807) is 6.92 Å². The molecule has 1 aliphatic carbocycles. The highest BCUT2D eigenvalue weighted by Gasteiger charge is 2.74. The molecular formula is C32H41Cl2N3O4. The minimum Gasteiger partial charge on any atom is -0.481 e. The highest BCUT2D eigenvalue weighted by atomic mass is 35.5. The van der Waals surface area contributed by atoms with Gasteiger partial charge in [-0.05, 0) is 69.3 Å². The molecule has 7 nitrogen and oxygen atoms in total. The van der Waals surface area contributed by atoms with Gasteiger partial charge in [0.15, 0.2) is 0 Å². The van der Waals surface area contributed by atoms with Crippen LogP contribution in [0.4, 0.5) is 5.69 Å². The van der Waals surface area contributed by atoms with E-state index in [-0.39, 0.29) is 17.7 Å². The largest absolute Gasteiger partial charge is 0.481 e. The van der Waals surface area contributed by atoms with E-state index in [2.05, 4.69) is 29.0 Å². The van der Waals surface area contributed by atoms with E-state index in [4.69, 9.17) is 23.2 Å². The minimum absolute atomic E-state index is 0.0665. The summed E-state index contributed by atoms with van der Waals surface area (Å²) in [6, 6.07) is 5.08. The number of allylic oxidation sites excluding steroid dienone is 4. The van der Waals surface area contributed by atoms with Gasteiger partial charge in [-0.3, -0.25) is 19.3 Å². The first-order valence-electron chi connectivity index (χ1n) is 14.6. The van der Waals surface area contributed by atoms with Crippen molar-refractivity contribution in [2.24, 2.45) is 11.8 Å². The molecule has 1 saturated heterocycles. The molecule has 1 aromatic rings. The molecule has 0 radical (unpaired) electrons. The number of benzene rings is 1. The lowest BCUT2D eigenvalue weighted by Crippen LogP contribution is -2.61. The number of carboxylic acid groups (broad SMARTS) is 1. The molecule has 2 aliphatic heterocycles. The number of fused-ring (bicyclic) bond motifs is 3. The second-order valence-electron chi connectivity index (χ2n) is 11.4. The Morgan fingerprint density at radius 3 is 2.66 bits per heavy atom. The summed E-state index contributed by atoms with van der Waals surface area (Å²) < 4.78 is 0. The maximum Gasteiger partial charge on any atom is 0.310 e. The zero-order chi connectivity index (χ0) is 29.8. The Balaban J connectivity index is 1.78. The predicted octanol–water partition coefficient (Wildman–Crippen LogP) is 6.43. The summed E-state index contributed by atoms with van der Waals surface area (Å²) >= 11 is 12.5. The molecule has 3 aliphatic rings. The summed E-state index contributed by atoms with van der Waals surface area (Å²) in [5.74, 6) is -2.11. The SMILES string of the molecule is C=CC(CCCNC(=O)[C@H]1[C@H](C/C=C\C=C(/C)Cl)[C@]2(C(=O)Nc3cc(Cl)ccc32)C2(CCCCC2)N1CC)C(=O)O. The van der Waals surface area contributed by atoms with Crippen molar-refractivity contribution in [3.8, 4) is 0 Å². The predicted molar refractivity (Wildman–Crippen MR) is 164 cm³/mol. The molecule has 4 rings (SSSR count). The van der Waals surface area contributed by atoms with Crippen LogP contribution in [0.15, 0.2) is 54.1 Å². The molecule has 2 heterocycles. The van der Waals surface area contributed by atoms with Crippen LogP contribution < -0.4 is 10.6 Å². The molecule has 9 heteroatoms. The number of aliphatic carboxylic acids is 1. The van der Waals surface area contributed by atoms with Crippen molar-refractivity contribution in [3.05, 3.63) is 64.7 Å². The molecule has 41 heavy (non-hydrogen) atoms. The minimum atomic E-state index is -0.938. The zero-order valence-electron chi connectivity index (χ0n) is 23.9. The molecule has 1 unspecified atom stereocenters. The first-order valence-corrected chi connectivity index (χ1v) is 15.4. The van der Waals surface area contributed by atoms with Crippen LogP contribution in [-0.2, 0) is 19.8 Å². The summed E-state index contributed by atoms with van der Waals surface area (Å²) in [6.45, 7) is 8.46. The van der Waals surface area contributed by atoms with E-state index < -0.39 is 28.9 Å². The lowest BCUT2D eigenvalue weighted by Gasteiger charge is -2.50. The van der Waals surface area contributed by atoms with Gasteiger partial charge in [0.05, 0.1) is 17.4 Å². The maximum absolute atomic E-state index is 14.4. The lowest BCUT2D eigenvalue weighted by atomic mass is 9.56. The Hall–Kier alpha value is -2.61. The summed E-state index contributed by atoms with van der Waals surface area (Å²) in [6.07, 6.45) is 13.3.